The fourth-order valence-corrected chi connectivity index (χ4v) is 1.42. The van der Waals surface area contributed by atoms with Crippen molar-refractivity contribution < 1.29 is 9.59 Å². The van der Waals surface area contributed by atoms with Gasteiger partial charge in [-0.25, -0.2) is 0 Å². The van der Waals surface area contributed by atoms with Crippen molar-refractivity contribution in [1.82, 2.24) is 4.98 Å². The van der Waals surface area contributed by atoms with Gasteiger partial charge < -0.3 is 0 Å². The van der Waals surface area contributed by atoms with Gasteiger partial charge in [0.25, 0.3) is 0 Å². The lowest BCUT2D eigenvalue weighted by Crippen LogP contribution is -2.05. The summed E-state index contributed by atoms with van der Waals surface area (Å²) in [5.41, 5.74) is 1.07. The summed E-state index contributed by atoms with van der Waals surface area (Å²) in [4.78, 5) is 26.4. The summed E-state index contributed by atoms with van der Waals surface area (Å²) in [6.07, 6.45) is 4.53. The van der Waals surface area contributed by atoms with Gasteiger partial charge in [0.2, 0.25) is 6.29 Å². The largest absolute Gasteiger partial charge is 0.289 e. The lowest BCUT2D eigenvalue weighted by molar-refractivity contribution is 0.103. The van der Waals surface area contributed by atoms with E-state index in [0.717, 1.165) is 0 Å². The number of nitrogens with zero attached hydrogens (tertiary/aromatic N) is 1. The van der Waals surface area contributed by atoms with Gasteiger partial charge in [0.15, 0.2) is 5.78 Å². The molecule has 1 aromatic carbocycles. The van der Waals surface area contributed by atoms with Crippen LogP contribution in [0.4, 0.5) is 0 Å². The van der Waals surface area contributed by atoms with Crippen molar-refractivity contribution in [2.75, 3.05) is 0 Å². The summed E-state index contributed by atoms with van der Waals surface area (Å²) >= 11 is 0. The van der Waals surface area contributed by atoms with Crippen LogP contribution >= 0.6 is 0 Å². The second-order valence-corrected chi connectivity index (χ2v) is 3.22. The van der Waals surface area contributed by atoms with Crippen LogP contribution < -0.4 is 0 Å². The smallest absolute Gasteiger partial charge is 0.235 e. The van der Waals surface area contributed by atoms with Crippen LogP contribution in [0.15, 0.2) is 48.8 Å². The summed E-state index contributed by atoms with van der Waals surface area (Å²) in [5, 5.41) is 0. The van der Waals surface area contributed by atoms with Gasteiger partial charge in [0, 0.05) is 23.5 Å². The van der Waals surface area contributed by atoms with Gasteiger partial charge in [-0.3, -0.25) is 14.6 Å². The van der Waals surface area contributed by atoms with Gasteiger partial charge in [-0.05, 0) is 6.07 Å². The maximum absolute atomic E-state index is 12.0. The lowest BCUT2D eigenvalue weighted by Gasteiger charge is -2.02. The molecule has 0 aliphatic heterocycles. The highest BCUT2D eigenvalue weighted by Crippen LogP contribution is 2.11. The van der Waals surface area contributed by atoms with Crippen LogP contribution in [0.25, 0.3) is 0 Å². The van der Waals surface area contributed by atoms with Gasteiger partial charge >= 0.3 is 0 Å². The fraction of sp³-hybridized carbons (Fsp3) is 0. The summed E-state index contributed by atoms with van der Waals surface area (Å²) < 4.78 is 0. The molecule has 0 spiro atoms. The number of hydrogen-bond acceptors (Lipinski definition) is 3. The Morgan fingerprint density at radius 3 is 2.56 bits per heavy atom. The van der Waals surface area contributed by atoms with Crippen LogP contribution in [-0.4, -0.2) is 17.1 Å². The van der Waals surface area contributed by atoms with E-state index >= 15 is 0 Å². The molecule has 1 aromatic heterocycles. The van der Waals surface area contributed by atoms with Crippen molar-refractivity contribution in [2.45, 2.75) is 0 Å². The molecular formula is C13H8NO2. The van der Waals surface area contributed by atoms with E-state index < -0.39 is 0 Å². The predicted octanol–water partition coefficient (Wildman–Crippen LogP) is 1.77. The summed E-state index contributed by atoms with van der Waals surface area (Å²) in [6, 6.07) is 10.3. The quantitative estimate of drug-likeness (QED) is 0.725. The number of benzene rings is 1. The zero-order chi connectivity index (χ0) is 11.4. The molecule has 3 nitrogen and oxygen atoms in total. The van der Waals surface area contributed by atoms with Crippen molar-refractivity contribution in [3.63, 3.8) is 0 Å². The Morgan fingerprint density at radius 1 is 1.12 bits per heavy atom. The Hall–Kier alpha value is -2.29. The number of pyridine rings is 1. The zero-order valence-corrected chi connectivity index (χ0v) is 8.38. The Bertz CT molecular complexity index is 520. The second kappa shape index (κ2) is 4.49. The minimum Gasteiger partial charge on any atom is -0.289 e. The van der Waals surface area contributed by atoms with Crippen LogP contribution in [0.5, 0.6) is 0 Å². The maximum atomic E-state index is 12.0. The van der Waals surface area contributed by atoms with E-state index in [0.29, 0.717) is 11.1 Å². The third-order valence-electron chi connectivity index (χ3n) is 2.21. The molecule has 77 valence electrons. The minimum atomic E-state index is -0.193. The van der Waals surface area contributed by atoms with Crippen LogP contribution in [0, 0.1) is 0 Å². The highest BCUT2D eigenvalue weighted by atomic mass is 16.1. The number of aromatic nitrogens is 1. The van der Waals surface area contributed by atoms with E-state index in [1.165, 1.54) is 18.5 Å². The van der Waals surface area contributed by atoms with Gasteiger partial charge in [0.05, 0.1) is 5.56 Å². The number of ketones is 1. The number of hydrogen-bond donors (Lipinski definition) is 0. The van der Waals surface area contributed by atoms with Gasteiger partial charge in [-0.1, -0.05) is 30.3 Å². The molecule has 3 heteroatoms. The first-order valence-corrected chi connectivity index (χ1v) is 4.75. The molecule has 0 unspecified atom stereocenters. The normalized spacial score (nSPS) is 9.75. The van der Waals surface area contributed by atoms with Crippen LogP contribution in [0.2, 0.25) is 0 Å². The average molecular weight is 210 g/mol. The SMILES string of the molecule is O=[C]c1cnccc1C(=O)c1ccccc1. The molecule has 1 heterocycles. The van der Waals surface area contributed by atoms with E-state index in [4.69, 9.17) is 0 Å². The molecule has 0 aliphatic carbocycles. The zero-order valence-electron chi connectivity index (χ0n) is 8.38. The number of carbonyl (C=O) groups is 1. The highest BCUT2D eigenvalue weighted by molar-refractivity contribution is 6.12. The topological polar surface area (TPSA) is 47.0 Å². The number of rotatable bonds is 3. The molecule has 0 bridgehead atoms. The summed E-state index contributed by atoms with van der Waals surface area (Å²) in [7, 11) is 0. The van der Waals surface area contributed by atoms with Crippen LogP contribution in [-0.2, 0) is 4.79 Å². The highest BCUT2D eigenvalue weighted by Gasteiger charge is 2.12. The van der Waals surface area contributed by atoms with Crippen molar-refractivity contribution in [1.29, 1.82) is 0 Å². The average Bonchev–Trinajstić information content (AvgIpc) is 2.39. The van der Waals surface area contributed by atoms with Crippen molar-refractivity contribution >= 4 is 12.1 Å². The second-order valence-electron chi connectivity index (χ2n) is 3.22. The Kier molecular flexibility index (Phi) is 2.87. The van der Waals surface area contributed by atoms with Crippen molar-refractivity contribution in [3.8, 4) is 0 Å². The van der Waals surface area contributed by atoms with E-state index in [-0.39, 0.29) is 11.3 Å². The predicted molar refractivity (Wildman–Crippen MR) is 58.9 cm³/mol. The molecule has 16 heavy (non-hydrogen) atoms. The standard InChI is InChI=1S/C13H8NO2/c15-9-11-8-14-7-6-12(11)13(16)10-4-2-1-3-5-10/h1-8H. The van der Waals surface area contributed by atoms with E-state index in [9.17, 15) is 9.59 Å². The molecular weight excluding hydrogens is 202 g/mol. The number of carbonyl (C=O) groups excluding carboxylic acids is 2. The van der Waals surface area contributed by atoms with Crippen molar-refractivity contribution in [2.24, 2.45) is 0 Å². The summed E-state index contributed by atoms with van der Waals surface area (Å²) in [5.74, 6) is -0.193. The third-order valence-corrected chi connectivity index (χ3v) is 2.21. The Balaban J connectivity index is 2.46. The van der Waals surface area contributed by atoms with Crippen molar-refractivity contribution in [3.05, 3.63) is 65.5 Å². The lowest BCUT2D eigenvalue weighted by atomic mass is 10.0. The fourth-order valence-electron chi connectivity index (χ4n) is 1.42. The van der Waals surface area contributed by atoms with E-state index in [1.807, 2.05) is 6.07 Å². The molecule has 0 saturated heterocycles. The first-order chi connectivity index (χ1) is 7.83. The first kappa shape index (κ1) is 10.2. The molecule has 0 aliphatic rings. The maximum Gasteiger partial charge on any atom is 0.235 e. The van der Waals surface area contributed by atoms with E-state index in [1.54, 1.807) is 30.6 Å². The molecule has 0 fully saturated rings. The van der Waals surface area contributed by atoms with Crippen LogP contribution in [0.3, 0.4) is 0 Å². The van der Waals surface area contributed by atoms with Gasteiger partial charge in [-0.15, -0.1) is 0 Å². The van der Waals surface area contributed by atoms with Gasteiger partial charge in [0.1, 0.15) is 0 Å². The molecule has 0 saturated carbocycles. The van der Waals surface area contributed by atoms with Crippen LogP contribution in [0.1, 0.15) is 21.5 Å². The monoisotopic (exact) mass is 210 g/mol. The molecule has 2 rings (SSSR count). The molecule has 0 amide bonds. The Labute approximate surface area is 92.8 Å². The Morgan fingerprint density at radius 2 is 1.88 bits per heavy atom. The summed E-state index contributed by atoms with van der Waals surface area (Å²) in [6.45, 7) is 0. The molecule has 0 N–H and O–H groups in total. The molecule has 2 aromatic rings. The third kappa shape index (κ3) is 1.88. The minimum absolute atomic E-state index is 0.191. The van der Waals surface area contributed by atoms with E-state index in [2.05, 4.69) is 4.98 Å². The first-order valence-electron chi connectivity index (χ1n) is 4.75. The van der Waals surface area contributed by atoms with Gasteiger partial charge in [-0.2, -0.15) is 0 Å². The molecule has 1 radical (unpaired) electrons. The molecule has 0 atom stereocenters.